The van der Waals surface area contributed by atoms with E-state index in [-0.39, 0.29) is 11.5 Å². The van der Waals surface area contributed by atoms with Crippen molar-refractivity contribution in [3.8, 4) is 0 Å². The summed E-state index contributed by atoms with van der Waals surface area (Å²) in [6.45, 7) is 19.6. The van der Waals surface area contributed by atoms with Crippen LogP contribution in [0.4, 0.5) is 0 Å². The van der Waals surface area contributed by atoms with Crippen molar-refractivity contribution in [1.29, 1.82) is 0 Å². The highest BCUT2D eigenvalue weighted by atomic mass is 16.3. The standard InChI is InChI=1S/C30H50O/c1-20(2)10-9-11-21(3)22-14-18-30(8)24-12-13-25-27(4,5)26(31)16-17-28(25,6)23(24)15-19-29(22,30)7/h10,21-22,25-26,31H,9,11-19H2,1-8H3/t21-,22-,25?,26+,28-,29+,30-/m1/s1. The van der Waals surface area contributed by atoms with Gasteiger partial charge in [-0.3, -0.25) is 0 Å². The van der Waals surface area contributed by atoms with Gasteiger partial charge in [0.1, 0.15) is 0 Å². The molecular formula is C30H50O. The zero-order valence-electron chi connectivity index (χ0n) is 21.9. The molecule has 0 heterocycles. The summed E-state index contributed by atoms with van der Waals surface area (Å²) < 4.78 is 0. The molecule has 1 unspecified atom stereocenters. The van der Waals surface area contributed by atoms with Crippen LogP contribution in [0.5, 0.6) is 0 Å². The van der Waals surface area contributed by atoms with Crippen LogP contribution in [0.15, 0.2) is 22.8 Å². The van der Waals surface area contributed by atoms with E-state index in [0.717, 1.165) is 18.3 Å². The summed E-state index contributed by atoms with van der Waals surface area (Å²) in [5, 5.41) is 10.8. The van der Waals surface area contributed by atoms with Crippen LogP contribution in [0.1, 0.15) is 120 Å². The van der Waals surface area contributed by atoms with Crippen LogP contribution in [-0.4, -0.2) is 11.2 Å². The van der Waals surface area contributed by atoms with Crippen molar-refractivity contribution < 1.29 is 5.11 Å². The predicted molar refractivity (Wildman–Crippen MR) is 133 cm³/mol. The van der Waals surface area contributed by atoms with Crippen LogP contribution in [0.2, 0.25) is 0 Å². The molecule has 0 aromatic carbocycles. The first kappa shape index (κ1) is 23.6. The minimum absolute atomic E-state index is 0.0465. The molecule has 4 aliphatic rings. The van der Waals surface area contributed by atoms with Crippen LogP contribution in [-0.2, 0) is 0 Å². The molecule has 1 N–H and O–H groups in total. The summed E-state index contributed by atoms with van der Waals surface area (Å²) in [7, 11) is 0. The second kappa shape index (κ2) is 7.75. The largest absolute Gasteiger partial charge is 0.393 e. The van der Waals surface area contributed by atoms with Crippen molar-refractivity contribution >= 4 is 0 Å². The van der Waals surface area contributed by atoms with Crippen LogP contribution >= 0.6 is 0 Å². The zero-order valence-corrected chi connectivity index (χ0v) is 21.9. The van der Waals surface area contributed by atoms with Gasteiger partial charge < -0.3 is 5.11 Å². The summed E-state index contributed by atoms with van der Waals surface area (Å²) >= 11 is 0. The Balaban J connectivity index is 1.65. The van der Waals surface area contributed by atoms with E-state index in [1.54, 1.807) is 0 Å². The topological polar surface area (TPSA) is 20.2 Å². The van der Waals surface area contributed by atoms with E-state index < -0.39 is 0 Å². The number of aliphatic hydroxyl groups is 1. The monoisotopic (exact) mass is 426 g/mol. The van der Waals surface area contributed by atoms with Gasteiger partial charge in [-0.15, -0.1) is 0 Å². The highest BCUT2D eigenvalue weighted by Gasteiger charge is 2.63. The lowest BCUT2D eigenvalue weighted by Gasteiger charge is -2.62. The first-order chi connectivity index (χ1) is 14.4. The van der Waals surface area contributed by atoms with Crippen LogP contribution in [0, 0.1) is 39.4 Å². The minimum atomic E-state index is -0.130. The molecule has 4 aliphatic carbocycles. The first-order valence-electron chi connectivity index (χ1n) is 13.4. The second-order valence-corrected chi connectivity index (χ2v) is 13.6. The molecule has 31 heavy (non-hydrogen) atoms. The lowest BCUT2D eigenvalue weighted by atomic mass is 9.43. The SMILES string of the molecule is CC(C)=CCC[C@@H](C)[C@H]1CC[C@]2(C)C3=C(CC[C@@]12C)[C@@]1(C)CC[C@H](O)C(C)(C)C1CC3. The molecule has 0 saturated heterocycles. The number of fused-ring (bicyclic) bond motifs is 4. The summed E-state index contributed by atoms with van der Waals surface area (Å²) in [5.74, 6) is 2.32. The van der Waals surface area contributed by atoms with E-state index in [4.69, 9.17) is 0 Å². The van der Waals surface area contributed by atoms with Gasteiger partial charge in [-0.05, 0) is 117 Å². The number of allylic oxidation sites excluding steroid dienone is 4. The van der Waals surface area contributed by atoms with E-state index in [2.05, 4.69) is 61.5 Å². The maximum atomic E-state index is 10.8. The third-order valence-corrected chi connectivity index (χ3v) is 11.7. The fourth-order valence-corrected chi connectivity index (χ4v) is 9.47. The van der Waals surface area contributed by atoms with Gasteiger partial charge in [-0.25, -0.2) is 0 Å². The quantitative estimate of drug-likeness (QED) is 0.447. The summed E-state index contributed by atoms with van der Waals surface area (Å²) in [6, 6.07) is 0. The third kappa shape index (κ3) is 3.34. The van der Waals surface area contributed by atoms with Crippen molar-refractivity contribution in [2.24, 2.45) is 39.4 Å². The molecule has 7 atom stereocenters. The Kier molecular flexibility index (Phi) is 5.90. The average Bonchev–Trinajstić information content (AvgIpc) is 2.96. The van der Waals surface area contributed by atoms with Gasteiger partial charge in [0, 0.05) is 0 Å². The summed E-state index contributed by atoms with van der Waals surface area (Å²) in [5.41, 5.74) is 6.41. The predicted octanol–water partition coefficient (Wildman–Crippen LogP) is 8.48. The molecule has 0 aromatic heterocycles. The molecule has 0 spiro atoms. The fourth-order valence-electron chi connectivity index (χ4n) is 9.47. The van der Waals surface area contributed by atoms with E-state index in [0.29, 0.717) is 22.2 Å². The lowest BCUT2D eigenvalue weighted by molar-refractivity contribution is -0.0962. The molecule has 1 nitrogen and oxygen atoms in total. The molecule has 0 radical (unpaired) electrons. The van der Waals surface area contributed by atoms with Gasteiger partial charge in [-0.2, -0.15) is 0 Å². The van der Waals surface area contributed by atoms with Gasteiger partial charge in [0.2, 0.25) is 0 Å². The Morgan fingerprint density at radius 2 is 1.68 bits per heavy atom. The van der Waals surface area contributed by atoms with E-state index >= 15 is 0 Å². The average molecular weight is 427 g/mol. The second-order valence-electron chi connectivity index (χ2n) is 13.6. The van der Waals surface area contributed by atoms with Crippen LogP contribution in [0.25, 0.3) is 0 Å². The lowest BCUT2D eigenvalue weighted by Crippen LogP contribution is -2.55. The van der Waals surface area contributed by atoms with Gasteiger partial charge in [-0.1, -0.05) is 64.3 Å². The Hall–Kier alpha value is -0.560. The molecule has 176 valence electrons. The Bertz CT molecular complexity index is 767. The molecule has 1 heteroatoms. The maximum Gasteiger partial charge on any atom is 0.0594 e. The van der Waals surface area contributed by atoms with Gasteiger partial charge in [0.05, 0.1) is 6.10 Å². The van der Waals surface area contributed by atoms with Gasteiger partial charge in [0.25, 0.3) is 0 Å². The maximum absolute atomic E-state index is 10.8. The van der Waals surface area contributed by atoms with E-state index in [1.165, 1.54) is 63.4 Å². The molecule has 0 aliphatic heterocycles. The zero-order chi connectivity index (χ0) is 22.8. The highest BCUT2D eigenvalue weighted by Crippen LogP contribution is 2.72. The van der Waals surface area contributed by atoms with Crippen molar-refractivity contribution in [3.63, 3.8) is 0 Å². The third-order valence-electron chi connectivity index (χ3n) is 11.7. The number of hydrogen-bond donors (Lipinski definition) is 1. The molecule has 0 amide bonds. The Labute approximate surface area is 193 Å². The van der Waals surface area contributed by atoms with Crippen molar-refractivity contribution in [2.75, 3.05) is 0 Å². The van der Waals surface area contributed by atoms with E-state index in [9.17, 15) is 5.11 Å². The van der Waals surface area contributed by atoms with Gasteiger partial charge in [0.15, 0.2) is 0 Å². The van der Waals surface area contributed by atoms with Crippen molar-refractivity contribution in [3.05, 3.63) is 22.8 Å². The normalized spacial score (nSPS) is 44.9. The van der Waals surface area contributed by atoms with Crippen LogP contribution in [0.3, 0.4) is 0 Å². The molecule has 2 fully saturated rings. The molecule has 4 rings (SSSR count). The summed E-state index contributed by atoms with van der Waals surface area (Å²) in [6.07, 6.45) is 15.2. The Morgan fingerprint density at radius 1 is 0.968 bits per heavy atom. The van der Waals surface area contributed by atoms with Crippen molar-refractivity contribution in [2.45, 2.75) is 126 Å². The van der Waals surface area contributed by atoms with E-state index in [1.807, 2.05) is 11.1 Å². The number of rotatable bonds is 4. The van der Waals surface area contributed by atoms with Crippen LogP contribution < -0.4 is 0 Å². The smallest absolute Gasteiger partial charge is 0.0594 e. The number of hydrogen-bond acceptors (Lipinski definition) is 1. The Morgan fingerprint density at radius 3 is 2.35 bits per heavy atom. The van der Waals surface area contributed by atoms with Gasteiger partial charge >= 0.3 is 0 Å². The molecule has 0 bridgehead atoms. The summed E-state index contributed by atoms with van der Waals surface area (Å²) in [4.78, 5) is 0. The molecular weight excluding hydrogens is 376 g/mol. The van der Waals surface area contributed by atoms with Crippen molar-refractivity contribution in [1.82, 2.24) is 0 Å². The molecule has 2 saturated carbocycles. The first-order valence-corrected chi connectivity index (χ1v) is 13.4. The number of aliphatic hydroxyl groups excluding tert-OH is 1. The minimum Gasteiger partial charge on any atom is -0.393 e. The molecule has 0 aromatic rings. The fraction of sp³-hybridized carbons (Fsp3) is 0.867. The highest BCUT2D eigenvalue weighted by molar-refractivity contribution is 5.38.